The van der Waals surface area contributed by atoms with Gasteiger partial charge in [0.15, 0.2) is 0 Å². The summed E-state index contributed by atoms with van der Waals surface area (Å²) in [5, 5.41) is 23.7. The average molecular weight is 648 g/mol. The highest BCUT2D eigenvalue weighted by molar-refractivity contribution is 7.89. The zero-order valence-electron chi connectivity index (χ0n) is 23.4. The topological polar surface area (TPSA) is 112 Å². The summed E-state index contributed by atoms with van der Waals surface area (Å²) in [5.74, 6) is -1.25. The zero-order valence-corrected chi connectivity index (χ0v) is 25.7. The highest BCUT2D eigenvalue weighted by Gasteiger charge is 2.30. The Hall–Kier alpha value is -4.02. The van der Waals surface area contributed by atoms with E-state index in [1.807, 2.05) is 54.6 Å². The number of aromatic nitrogens is 2. The van der Waals surface area contributed by atoms with Gasteiger partial charge in [0, 0.05) is 40.5 Å². The first-order chi connectivity index (χ1) is 21.2. The van der Waals surface area contributed by atoms with Crippen LogP contribution in [0.15, 0.2) is 102 Å². The fourth-order valence-corrected chi connectivity index (χ4v) is 7.42. The van der Waals surface area contributed by atoms with Crippen LogP contribution in [0, 0.1) is 0 Å². The van der Waals surface area contributed by atoms with Crippen molar-refractivity contribution in [2.45, 2.75) is 29.7 Å². The summed E-state index contributed by atoms with van der Waals surface area (Å²) in [6, 6.07) is 27.2. The molecular weight excluding hydrogens is 619 g/mol. The van der Waals surface area contributed by atoms with Gasteiger partial charge in [-0.2, -0.15) is 14.5 Å². The van der Waals surface area contributed by atoms with E-state index in [-0.39, 0.29) is 22.4 Å². The largest absolute Gasteiger partial charge is 0.478 e. The van der Waals surface area contributed by atoms with Gasteiger partial charge in [-0.1, -0.05) is 59.6 Å². The lowest BCUT2D eigenvalue weighted by Gasteiger charge is -2.32. The molecule has 0 unspecified atom stereocenters. The van der Waals surface area contributed by atoms with Crippen molar-refractivity contribution in [3.8, 4) is 0 Å². The fraction of sp³-hybridized carbons (Fsp3) is 0.182. The van der Waals surface area contributed by atoms with Gasteiger partial charge < -0.3 is 10.4 Å². The standard InChI is InChI=1S/C33H28Cl2N4O4S/c34-25-9-4-21(5-10-25)32(22-6-11-26(35)12-7-22)23-8-13-30-29(19-23)31(20-36-38-30)37-27-14-16-39(17-15-27)44(42,43)28-3-1-2-24(18-28)33(40)41/h1-13,18-20,27,32H,14-17H2,(H,37,38)(H,40,41). The molecule has 0 spiro atoms. The Morgan fingerprint density at radius 1 is 0.864 bits per heavy atom. The number of halogens is 2. The Morgan fingerprint density at radius 2 is 1.48 bits per heavy atom. The molecule has 11 heteroatoms. The van der Waals surface area contributed by atoms with Gasteiger partial charge in [-0.15, -0.1) is 0 Å². The van der Waals surface area contributed by atoms with Gasteiger partial charge in [-0.05, 0) is 84.1 Å². The fourth-order valence-electron chi connectivity index (χ4n) is 5.66. The van der Waals surface area contributed by atoms with Crippen molar-refractivity contribution in [1.29, 1.82) is 0 Å². The second kappa shape index (κ2) is 12.5. The van der Waals surface area contributed by atoms with Crippen molar-refractivity contribution in [3.63, 3.8) is 0 Å². The Kier molecular flexibility index (Phi) is 8.55. The van der Waals surface area contributed by atoms with Gasteiger partial charge >= 0.3 is 5.97 Å². The third-order valence-electron chi connectivity index (χ3n) is 7.94. The number of hydrogen-bond donors (Lipinski definition) is 2. The van der Waals surface area contributed by atoms with Crippen molar-refractivity contribution in [1.82, 2.24) is 14.5 Å². The maximum absolute atomic E-state index is 13.3. The molecule has 1 aromatic heterocycles. The normalized spacial score (nSPS) is 14.6. The van der Waals surface area contributed by atoms with E-state index in [1.165, 1.54) is 28.6 Å². The minimum Gasteiger partial charge on any atom is -0.478 e. The number of carboxylic acid groups (broad SMARTS) is 1. The van der Waals surface area contributed by atoms with Crippen LogP contribution in [0.5, 0.6) is 0 Å². The summed E-state index contributed by atoms with van der Waals surface area (Å²) < 4.78 is 27.9. The van der Waals surface area contributed by atoms with Gasteiger partial charge in [-0.3, -0.25) is 0 Å². The van der Waals surface area contributed by atoms with Gasteiger partial charge in [0.2, 0.25) is 10.0 Å². The van der Waals surface area contributed by atoms with Crippen LogP contribution in [-0.2, 0) is 10.0 Å². The lowest BCUT2D eigenvalue weighted by atomic mass is 9.84. The van der Waals surface area contributed by atoms with E-state index >= 15 is 0 Å². The van der Waals surface area contributed by atoms with Gasteiger partial charge in [0.05, 0.1) is 27.9 Å². The summed E-state index contributed by atoms with van der Waals surface area (Å²) in [7, 11) is -3.82. The molecule has 1 aliphatic heterocycles. The van der Waals surface area contributed by atoms with Crippen LogP contribution in [0.2, 0.25) is 10.0 Å². The minimum absolute atomic E-state index is 0.00573. The molecule has 0 amide bonds. The summed E-state index contributed by atoms with van der Waals surface area (Å²) in [6.07, 6.45) is 2.84. The Labute approximate surface area is 265 Å². The summed E-state index contributed by atoms with van der Waals surface area (Å²) in [4.78, 5) is 11.3. The van der Waals surface area contributed by atoms with Crippen LogP contribution < -0.4 is 5.32 Å². The minimum atomic E-state index is -3.82. The highest BCUT2D eigenvalue weighted by Crippen LogP contribution is 2.36. The van der Waals surface area contributed by atoms with E-state index in [1.54, 1.807) is 6.20 Å². The van der Waals surface area contributed by atoms with Crippen LogP contribution in [-0.4, -0.2) is 53.1 Å². The molecule has 4 aromatic carbocycles. The quantitative estimate of drug-likeness (QED) is 0.173. The van der Waals surface area contributed by atoms with Crippen LogP contribution in [0.3, 0.4) is 0 Å². The van der Waals surface area contributed by atoms with E-state index in [0.717, 1.165) is 33.3 Å². The van der Waals surface area contributed by atoms with Crippen LogP contribution >= 0.6 is 23.2 Å². The number of fused-ring (bicyclic) bond motifs is 1. The maximum atomic E-state index is 13.3. The lowest BCUT2D eigenvalue weighted by molar-refractivity contribution is 0.0696. The molecule has 44 heavy (non-hydrogen) atoms. The molecule has 8 nitrogen and oxygen atoms in total. The number of carboxylic acids is 1. The van der Waals surface area contributed by atoms with E-state index in [4.69, 9.17) is 23.2 Å². The van der Waals surface area contributed by atoms with Crippen molar-refractivity contribution >= 4 is 55.8 Å². The molecule has 2 N–H and O–H groups in total. The lowest BCUT2D eigenvalue weighted by Crippen LogP contribution is -2.42. The number of piperidine rings is 1. The highest BCUT2D eigenvalue weighted by atomic mass is 35.5. The maximum Gasteiger partial charge on any atom is 0.335 e. The molecule has 6 rings (SSSR count). The van der Waals surface area contributed by atoms with Gasteiger partial charge in [0.1, 0.15) is 0 Å². The molecule has 0 radical (unpaired) electrons. The summed E-state index contributed by atoms with van der Waals surface area (Å²) >= 11 is 12.4. The molecule has 5 aromatic rings. The molecule has 1 saturated heterocycles. The second-order valence-electron chi connectivity index (χ2n) is 10.7. The van der Waals surface area contributed by atoms with Gasteiger partial charge in [-0.25, -0.2) is 13.2 Å². The molecule has 0 atom stereocenters. The number of hydrogen-bond acceptors (Lipinski definition) is 6. The summed E-state index contributed by atoms with van der Waals surface area (Å²) in [5.41, 5.74) is 4.71. The Balaban J connectivity index is 1.25. The van der Waals surface area contributed by atoms with Crippen LogP contribution in [0.4, 0.5) is 5.69 Å². The smallest absolute Gasteiger partial charge is 0.335 e. The average Bonchev–Trinajstić information content (AvgIpc) is 3.03. The molecule has 1 fully saturated rings. The molecule has 0 bridgehead atoms. The first kappa shape index (κ1) is 30.0. The van der Waals surface area contributed by atoms with E-state index in [0.29, 0.717) is 36.0 Å². The SMILES string of the molecule is O=C(O)c1cccc(S(=O)(=O)N2CCC(Nc3cnnc4ccc(C(c5ccc(Cl)cc5)c5ccc(Cl)cc5)cc34)CC2)c1. The van der Waals surface area contributed by atoms with Crippen molar-refractivity contribution in [3.05, 3.63) is 129 Å². The number of nitrogens with one attached hydrogen (secondary N) is 1. The number of rotatable bonds is 8. The number of aromatic carboxylic acids is 1. The first-order valence-electron chi connectivity index (χ1n) is 14.1. The second-order valence-corrected chi connectivity index (χ2v) is 13.5. The van der Waals surface area contributed by atoms with E-state index in [2.05, 4.69) is 27.6 Å². The van der Waals surface area contributed by atoms with Crippen LogP contribution in [0.1, 0.15) is 45.8 Å². The predicted molar refractivity (Wildman–Crippen MR) is 172 cm³/mol. The van der Waals surface area contributed by atoms with Crippen molar-refractivity contribution in [2.24, 2.45) is 0 Å². The monoisotopic (exact) mass is 646 g/mol. The molecule has 224 valence electrons. The molecule has 0 aliphatic carbocycles. The molecule has 1 aliphatic rings. The molecule has 2 heterocycles. The van der Waals surface area contributed by atoms with Crippen molar-refractivity contribution < 1.29 is 18.3 Å². The predicted octanol–water partition coefficient (Wildman–Crippen LogP) is 7.08. The molecule has 0 saturated carbocycles. The first-order valence-corrected chi connectivity index (χ1v) is 16.2. The Bertz CT molecular complexity index is 1880. The van der Waals surface area contributed by atoms with E-state index in [9.17, 15) is 18.3 Å². The number of anilines is 1. The van der Waals surface area contributed by atoms with E-state index < -0.39 is 16.0 Å². The van der Waals surface area contributed by atoms with Crippen molar-refractivity contribution in [2.75, 3.05) is 18.4 Å². The number of carbonyl (C=O) groups is 1. The zero-order chi connectivity index (χ0) is 30.8. The van der Waals surface area contributed by atoms with Crippen LogP contribution in [0.25, 0.3) is 10.9 Å². The number of benzene rings is 4. The number of nitrogens with zero attached hydrogens (tertiary/aromatic N) is 3. The number of sulfonamides is 1. The van der Waals surface area contributed by atoms with Gasteiger partial charge in [0.25, 0.3) is 0 Å². The third-order valence-corrected chi connectivity index (χ3v) is 10.3. The molecular formula is C33H28Cl2N4O4S. The summed E-state index contributed by atoms with van der Waals surface area (Å²) in [6.45, 7) is 0.600. The Morgan fingerprint density at radius 3 is 2.09 bits per heavy atom. The third kappa shape index (κ3) is 6.27.